The van der Waals surface area contributed by atoms with E-state index in [4.69, 9.17) is 5.11 Å². The van der Waals surface area contributed by atoms with Crippen molar-refractivity contribution in [2.24, 2.45) is 5.92 Å². The Balaban J connectivity index is 2.48. The lowest BCUT2D eigenvalue weighted by molar-refractivity contribution is -0.183. The zero-order valence-electron chi connectivity index (χ0n) is 7.47. The monoisotopic (exact) mass is 211 g/mol. The third-order valence-electron chi connectivity index (χ3n) is 2.38. The summed E-state index contributed by atoms with van der Waals surface area (Å²) in [5.74, 6) is -2.42. The molecule has 82 valence electrons. The molecule has 1 aliphatic heterocycles. The average Bonchev–Trinajstić information content (AvgIpc) is 2.01. The number of halogens is 3. The molecule has 0 aromatic carbocycles. The number of hydrogen-bond donors (Lipinski definition) is 2. The maximum Gasteiger partial charge on any atom is 0.391 e. The lowest BCUT2D eigenvalue weighted by Crippen LogP contribution is -2.43. The Morgan fingerprint density at radius 2 is 2.14 bits per heavy atom. The van der Waals surface area contributed by atoms with Crippen molar-refractivity contribution in [3.63, 3.8) is 0 Å². The van der Waals surface area contributed by atoms with Crippen molar-refractivity contribution >= 4 is 5.97 Å². The second-order valence-electron chi connectivity index (χ2n) is 3.51. The number of piperidine rings is 1. The first-order chi connectivity index (χ1) is 6.39. The van der Waals surface area contributed by atoms with E-state index in [0.29, 0.717) is 0 Å². The minimum Gasteiger partial charge on any atom is -0.481 e. The number of aliphatic carboxylic acids is 1. The molecule has 1 rings (SSSR count). The third kappa shape index (κ3) is 3.17. The number of carbonyl (C=O) groups is 1. The highest BCUT2D eigenvalue weighted by Crippen LogP contribution is 2.34. The average molecular weight is 211 g/mol. The Bertz CT molecular complexity index is 217. The molecule has 0 bridgehead atoms. The van der Waals surface area contributed by atoms with E-state index in [9.17, 15) is 18.0 Å². The summed E-state index contributed by atoms with van der Waals surface area (Å²) in [6.07, 6.45) is -4.53. The molecule has 1 saturated heterocycles. The quantitative estimate of drug-likeness (QED) is 0.725. The Labute approximate surface area is 79.3 Å². The van der Waals surface area contributed by atoms with Gasteiger partial charge in [0.05, 0.1) is 12.3 Å². The van der Waals surface area contributed by atoms with E-state index >= 15 is 0 Å². The van der Waals surface area contributed by atoms with Gasteiger partial charge in [0, 0.05) is 6.04 Å². The molecule has 14 heavy (non-hydrogen) atoms. The molecular weight excluding hydrogens is 199 g/mol. The molecule has 1 aliphatic rings. The van der Waals surface area contributed by atoms with Gasteiger partial charge in [0.1, 0.15) is 0 Å². The Hall–Kier alpha value is -0.780. The number of alkyl halides is 3. The van der Waals surface area contributed by atoms with Crippen molar-refractivity contribution in [1.82, 2.24) is 5.32 Å². The molecule has 0 aromatic heterocycles. The van der Waals surface area contributed by atoms with Gasteiger partial charge in [0.15, 0.2) is 0 Å². The van der Waals surface area contributed by atoms with Gasteiger partial charge in [0.2, 0.25) is 0 Å². The fourth-order valence-corrected chi connectivity index (χ4v) is 1.67. The van der Waals surface area contributed by atoms with Crippen LogP contribution < -0.4 is 5.32 Å². The van der Waals surface area contributed by atoms with Crippen LogP contribution in [-0.4, -0.2) is 29.8 Å². The topological polar surface area (TPSA) is 49.3 Å². The van der Waals surface area contributed by atoms with Crippen molar-refractivity contribution in [3.05, 3.63) is 0 Å². The summed E-state index contributed by atoms with van der Waals surface area (Å²) < 4.78 is 36.8. The van der Waals surface area contributed by atoms with Gasteiger partial charge in [-0.1, -0.05) is 0 Å². The van der Waals surface area contributed by atoms with Crippen LogP contribution in [0, 0.1) is 5.92 Å². The van der Waals surface area contributed by atoms with E-state index in [1.807, 2.05) is 0 Å². The summed E-state index contributed by atoms with van der Waals surface area (Å²) >= 11 is 0. The van der Waals surface area contributed by atoms with Crippen LogP contribution in [0.4, 0.5) is 13.2 Å². The first kappa shape index (κ1) is 11.3. The summed E-state index contributed by atoms with van der Waals surface area (Å²) in [4.78, 5) is 10.3. The molecule has 0 radical (unpaired) electrons. The van der Waals surface area contributed by atoms with Gasteiger partial charge in [-0.25, -0.2) is 0 Å². The number of nitrogens with one attached hydrogen (secondary N) is 1. The highest BCUT2D eigenvalue weighted by atomic mass is 19.4. The van der Waals surface area contributed by atoms with Crippen LogP contribution in [0.25, 0.3) is 0 Å². The molecule has 0 spiro atoms. The molecule has 1 heterocycles. The van der Waals surface area contributed by atoms with Gasteiger partial charge in [0.25, 0.3) is 0 Å². The zero-order chi connectivity index (χ0) is 10.8. The second-order valence-corrected chi connectivity index (χ2v) is 3.51. The lowest BCUT2D eigenvalue weighted by atomic mass is 9.90. The summed E-state index contributed by atoms with van der Waals surface area (Å²) in [5, 5.41) is 11.2. The largest absolute Gasteiger partial charge is 0.481 e. The van der Waals surface area contributed by atoms with Crippen LogP contribution >= 0.6 is 0 Å². The number of carboxylic acid groups (broad SMARTS) is 1. The molecule has 0 aromatic rings. The summed E-state index contributed by atoms with van der Waals surface area (Å²) in [5.41, 5.74) is 0. The van der Waals surface area contributed by atoms with E-state index in [2.05, 4.69) is 5.32 Å². The van der Waals surface area contributed by atoms with Crippen molar-refractivity contribution in [2.75, 3.05) is 6.54 Å². The molecule has 0 aliphatic carbocycles. The minimum absolute atomic E-state index is 0.0413. The van der Waals surface area contributed by atoms with Crippen LogP contribution in [0.3, 0.4) is 0 Å². The predicted octanol–water partition coefficient (Wildman–Crippen LogP) is 1.39. The van der Waals surface area contributed by atoms with Crippen LogP contribution in [0.15, 0.2) is 0 Å². The van der Waals surface area contributed by atoms with Crippen molar-refractivity contribution in [3.8, 4) is 0 Å². The second kappa shape index (κ2) is 4.16. The summed E-state index contributed by atoms with van der Waals surface area (Å²) in [7, 11) is 0. The molecule has 3 nitrogen and oxygen atoms in total. The maximum absolute atomic E-state index is 12.3. The number of carboxylic acids is 1. The van der Waals surface area contributed by atoms with Crippen LogP contribution in [0.2, 0.25) is 0 Å². The third-order valence-corrected chi connectivity index (χ3v) is 2.38. The van der Waals surface area contributed by atoms with Crippen molar-refractivity contribution in [1.29, 1.82) is 0 Å². The molecule has 2 atom stereocenters. The molecule has 0 saturated carbocycles. The zero-order valence-corrected chi connectivity index (χ0v) is 7.47. The molecule has 2 N–H and O–H groups in total. The highest BCUT2D eigenvalue weighted by molar-refractivity contribution is 5.67. The van der Waals surface area contributed by atoms with Gasteiger partial charge < -0.3 is 10.4 Å². The molecule has 6 heteroatoms. The minimum atomic E-state index is -4.20. The van der Waals surface area contributed by atoms with Gasteiger partial charge in [-0.2, -0.15) is 13.2 Å². The molecule has 2 unspecified atom stereocenters. The Morgan fingerprint density at radius 1 is 1.50 bits per heavy atom. The van der Waals surface area contributed by atoms with Crippen LogP contribution in [0.5, 0.6) is 0 Å². The van der Waals surface area contributed by atoms with Gasteiger partial charge in [-0.15, -0.1) is 0 Å². The smallest absolute Gasteiger partial charge is 0.391 e. The van der Waals surface area contributed by atoms with Crippen LogP contribution in [0.1, 0.15) is 19.3 Å². The van der Waals surface area contributed by atoms with Crippen LogP contribution in [-0.2, 0) is 4.79 Å². The normalized spacial score (nSPS) is 28.8. The Morgan fingerprint density at radius 3 is 2.64 bits per heavy atom. The van der Waals surface area contributed by atoms with Crippen molar-refractivity contribution in [2.45, 2.75) is 31.5 Å². The van der Waals surface area contributed by atoms with Gasteiger partial charge >= 0.3 is 12.1 Å². The molecule has 0 amide bonds. The standard InChI is InChI=1S/C8H12F3NO2/c9-8(10,11)5-1-2-12-6(3-5)4-7(13)14/h5-6,12H,1-4H2,(H,13,14). The number of hydrogen-bond acceptors (Lipinski definition) is 2. The predicted molar refractivity (Wildman–Crippen MR) is 42.8 cm³/mol. The first-order valence-electron chi connectivity index (χ1n) is 4.41. The molecular formula is C8H12F3NO2. The summed E-state index contributed by atoms with van der Waals surface area (Å²) in [6, 6.07) is -0.548. The first-order valence-corrected chi connectivity index (χ1v) is 4.41. The fraction of sp³-hybridized carbons (Fsp3) is 0.875. The lowest BCUT2D eigenvalue weighted by Gasteiger charge is -2.30. The summed E-state index contributed by atoms with van der Waals surface area (Å²) in [6.45, 7) is 0.238. The number of rotatable bonds is 2. The van der Waals surface area contributed by atoms with Gasteiger partial charge in [-0.3, -0.25) is 4.79 Å². The van der Waals surface area contributed by atoms with E-state index in [1.165, 1.54) is 0 Å². The van der Waals surface area contributed by atoms with Crippen molar-refractivity contribution < 1.29 is 23.1 Å². The molecule has 1 fully saturated rings. The van der Waals surface area contributed by atoms with Gasteiger partial charge in [-0.05, 0) is 19.4 Å². The SMILES string of the molecule is O=C(O)CC1CC(C(F)(F)F)CCN1. The van der Waals surface area contributed by atoms with E-state index in [-0.39, 0.29) is 25.8 Å². The fourth-order valence-electron chi connectivity index (χ4n) is 1.67. The highest BCUT2D eigenvalue weighted by Gasteiger charge is 2.42. The maximum atomic E-state index is 12.3. The Kier molecular flexibility index (Phi) is 3.36. The van der Waals surface area contributed by atoms with E-state index < -0.39 is 24.1 Å². The van der Waals surface area contributed by atoms with E-state index in [0.717, 1.165) is 0 Å². The van der Waals surface area contributed by atoms with E-state index in [1.54, 1.807) is 0 Å².